The van der Waals surface area contributed by atoms with Gasteiger partial charge in [-0.2, -0.15) is 0 Å². The molecule has 3 amide bonds. The highest BCUT2D eigenvalue weighted by atomic mass is 16.5. The average Bonchev–Trinajstić information content (AvgIpc) is 3.68. The Morgan fingerprint density at radius 2 is 1.58 bits per heavy atom. The fourth-order valence-electron chi connectivity index (χ4n) is 3.88. The van der Waals surface area contributed by atoms with Gasteiger partial charge < -0.3 is 28.9 Å². The van der Waals surface area contributed by atoms with E-state index in [1.807, 2.05) is 6.07 Å². The standard InChI is InChI=1S/C28H27N3O7/c1-35-22-13-12-20(16-24(22)36-2)31(25(32)18-30-27(33)23-11-7-15-38-23)26(19-8-4-3-5-9-19)28(34)29-17-21-10-6-14-37-21/h3-16,26H,17-18H2,1-2H3,(H,29,34)(H,30,33)/t26-/m0/s1. The van der Waals surface area contributed by atoms with Gasteiger partial charge in [-0.1, -0.05) is 30.3 Å². The molecule has 10 nitrogen and oxygen atoms in total. The van der Waals surface area contributed by atoms with Crippen molar-refractivity contribution >= 4 is 23.4 Å². The second-order valence-corrected chi connectivity index (χ2v) is 8.07. The third-order valence-corrected chi connectivity index (χ3v) is 5.70. The van der Waals surface area contributed by atoms with Crippen LogP contribution in [-0.4, -0.2) is 38.5 Å². The summed E-state index contributed by atoms with van der Waals surface area (Å²) in [7, 11) is 2.97. The van der Waals surface area contributed by atoms with E-state index in [4.69, 9.17) is 18.3 Å². The van der Waals surface area contributed by atoms with Crippen molar-refractivity contribution < 1.29 is 32.7 Å². The minimum Gasteiger partial charge on any atom is -0.493 e. The molecule has 4 rings (SSSR count). The van der Waals surface area contributed by atoms with Crippen molar-refractivity contribution in [2.45, 2.75) is 12.6 Å². The summed E-state index contributed by atoms with van der Waals surface area (Å²) in [6, 6.07) is 19.2. The number of ether oxygens (including phenoxy) is 2. The van der Waals surface area contributed by atoms with Gasteiger partial charge in [0.05, 0.1) is 39.8 Å². The zero-order chi connectivity index (χ0) is 26.9. The lowest BCUT2D eigenvalue weighted by Gasteiger charge is -2.32. The van der Waals surface area contributed by atoms with Crippen molar-refractivity contribution in [3.05, 3.63) is 102 Å². The van der Waals surface area contributed by atoms with Crippen LogP contribution >= 0.6 is 0 Å². The molecule has 0 aliphatic heterocycles. The highest BCUT2D eigenvalue weighted by molar-refractivity contribution is 6.04. The Labute approximate surface area is 219 Å². The molecule has 1 atom stereocenters. The van der Waals surface area contributed by atoms with Crippen molar-refractivity contribution in [3.8, 4) is 11.5 Å². The van der Waals surface area contributed by atoms with Crippen LogP contribution in [0.3, 0.4) is 0 Å². The quantitative estimate of drug-likeness (QED) is 0.311. The summed E-state index contributed by atoms with van der Waals surface area (Å²) in [4.78, 5) is 41.2. The Kier molecular flexibility index (Phi) is 8.45. The van der Waals surface area contributed by atoms with Crippen LogP contribution in [0.15, 0.2) is 94.2 Å². The maximum absolute atomic E-state index is 13.7. The fraction of sp³-hybridized carbons (Fsp3) is 0.179. The number of methoxy groups -OCH3 is 2. The zero-order valence-corrected chi connectivity index (χ0v) is 20.9. The predicted molar refractivity (Wildman–Crippen MR) is 138 cm³/mol. The molecule has 2 aromatic heterocycles. The summed E-state index contributed by atoms with van der Waals surface area (Å²) >= 11 is 0. The van der Waals surface area contributed by atoms with Gasteiger partial charge in [0.1, 0.15) is 11.8 Å². The first-order valence-corrected chi connectivity index (χ1v) is 11.7. The minimum atomic E-state index is -1.09. The van der Waals surface area contributed by atoms with Crippen LogP contribution < -0.4 is 25.0 Å². The van der Waals surface area contributed by atoms with E-state index in [0.717, 1.165) is 0 Å². The summed E-state index contributed by atoms with van der Waals surface area (Å²) in [5.41, 5.74) is 0.923. The molecule has 0 unspecified atom stereocenters. The van der Waals surface area contributed by atoms with Crippen LogP contribution in [0.25, 0.3) is 0 Å². The van der Waals surface area contributed by atoms with Crippen LogP contribution in [0.5, 0.6) is 11.5 Å². The summed E-state index contributed by atoms with van der Waals surface area (Å²) in [5.74, 6) is -0.119. The molecule has 2 heterocycles. The number of hydrogen-bond donors (Lipinski definition) is 2. The first-order valence-electron chi connectivity index (χ1n) is 11.7. The number of rotatable bonds is 11. The number of hydrogen-bond acceptors (Lipinski definition) is 7. The van der Waals surface area contributed by atoms with Gasteiger partial charge in [0.15, 0.2) is 17.3 Å². The summed E-state index contributed by atoms with van der Waals surface area (Å²) in [5, 5.41) is 5.40. The molecule has 0 saturated carbocycles. The van der Waals surface area contributed by atoms with E-state index in [2.05, 4.69) is 10.6 Å². The molecular weight excluding hydrogens is 490 g/mol. The molecule has 2 N–H and O–H groups in total. The molecular formula is C28H27N3O7. The third-order valence-electron chi connectivity index (χ3n) is 5.70. The maximum atomic E-state index is 13.7. The lowest BCUT2D eigenvalue weighted by molar-refractivity contribution is -0.126. The second kappa shape index (κ2) is 12.3. The van der Waals surface area contributed by atoms with Gasteiger partial charge in [0.25, 0.3) is 5.91 Å². The van der Waals surface area contributed by atoms with Gasteiger partial charge in [-0.25, -0.2) is 0 Å². The van der Waals surface area contributed by atoms with Gasteiger partial charge in [-0.15, -0.1) is 0 Å². The van der Waals surface area contributed by atoms with Crippen molar-refractivity contribution in [2.24, 2.45) is 0 Å². The lowest BCUT2D eigenvalue weighted by atomic mass is 10.0. The van der Waals surface area contributed by atoms with E-state index in [9.17, 15) is 14.4 Å². The van der Waals surface area contributed by atoms with Gasteiger partial charge in [-0.3, -0.25) is 19.3 Å². The molecule has 196 valence electrons. The molecule has 0 aliphatic rings. The largest absolute Gasteiger partial charge is 0.493 e. The molecule has 0 aliphatic carbocycles. The highest BCUT2D eigenvalue weighted by Crippen LogP contribution is 2.35. The highest BCUT2D eigenvalue weighted by Gasteiger charge is 2.33. The number of furan rings is 2. The Morgan fingerprint density at radius 3 is 2.24 bits per heavy atom. The van der Waals surface area contributed by atoms with E-state index in [1.165, 1.54) is 37.7 Å². The van der Waals surface area contributed by atoms with E-state index >= 15 is 0 Å². The smallest absolute Gasteiger partial charge is 0.287 e. The second-order valence-electron chi connectivity index (χ2n) is 8.07. The normalized spacial score (nSPS) is 11.3. The first-order chi connectivity index (χ1) is 18.5. The monoisotopic (exact) mass is 517 g/mol. The Morgan fingerprint density at radius 1 is 0.842 bits per heavy atom. The first kappa shape index (κ1) is 26.1. The van der Waals surface area contributed by atoms with Gasteiger partial charge in [-0.05, 0) is 42.0 Å². The van der Waals surface area contributed by atoms with E-state index in [-0.39, 0.29) is 12.3 Å². The fourth-order valence-corrected chi connectivity index (χ4v) is 3.88. The SMILES string of the molecule is COc1ccc(N(C(=O)CNC(=O)c2ccco2)[C@H](C(=O)NCc2ccco2)c2ccccc2)cc1OC. The van der Waals surface area contributed by atoms with Crippen LogP contribution in [-0.2, 0) is 16.1 Å². The third kappa shape index (κ3) is 6.04. The van der Waals surface area contributed by atoms with Crippen molar-refractivity contribution in [1.82, 2.24) is 10.6 Å². The van der Waals surface area contributed by atoms with Crippen molar-refractivity contribution in [2.75, 3.05) is 25.7 Å². The summed E-state index contributed by atoms with van der Waals surface area (Å²) in [6.45, 7) is -0.277. The number of carbonyl (C=O) groups is 3. The van der Waals surface area contributed by atoms with Gasteiger partial charge in [0, 0.05) is 11.8 Å². The van der Waals surface area contributed by atoms with Crippen LogP contribution in [0.1, 0.15) is 27.9 Å². The van der Waals surface area contributed by atoms with E-state index < -0.39 is 30.3 Å². The molecule has 0 spiro atoms. The Hall–Kier alpha value is -4.99. The molecule has 38 heavy (non-hydrogen) atoms. The number of nitrogens with one attached hydrogen (secondary N) is 2. The zero-order valence-electron chi connectivity index (χ0n) is 20.9. The van der Waals surface area contributed by atoms with E-state index in [1.54, 1.807) is 60.7 Å². The van der Waals surface area contributed by atoms with Crippen molar-refractivity contribution in [3.63, 3.8) is 0 Å². The number of carbonyl (C=O) groups excluding carboxylic acids is 3. The lowest BCUT2D eigenvalue weighted by Crippen LogP contribution is -2.47. The molecule has 0 bridgehead atoms. The molecule has 0 saturated heterocycles. The number of nitrogens with zero attached hydrogens (tertiary/aromatic N) is 1. The van der Waals surface area contributed by atoms with Gasteiger partial charge in [0.2, 0.25) is 11.8 Å². The van der Waals surface area contributed by atoms with Crippen LogP contribution in [0, 0.1) is 0 Å². The van der Waals surface area contributed by atoms with Crippen molar-refractivity contribution in [1.29, 1.82) is 0 Å². The number of benzene rings is 2. The maximum Gasteiger partial charge on any atom is 0.287 e. The molecule has 0 fully saturated rings. The predicted octanol–water partition coefficient (Wildman–Crippen LogP) is 3.71. The van der Waals surface area contributed by atoms with Crippen LogP contribution in [0.4, 0.5) is 5.69 Å². The summed E-state index contributed by atoms with van der Waals surface area (Å²) < 4.78 is 21.2. The molecule has 2 aromatic carbocycles. The number of anilines is 1. The number of amides is 3. The van der Waals surface area contributed by atoms with Gasteiger partial charge >= 0.3 is 0 Å². The molecule has 4 aromatic rings. The average molecular weight is 518 g/mol. The minimum absolute atomic E-state index is 0.0614. The van der Waals surface area contributed by atoms with Crippen LogP contribution in [0.2, 0.25) is 0 Å². The Balaban J connectivity index is 1.71. The Bertz CT molecular complexity index is 1350. The summed E-state index contributed by atoms with van der Waals surface area (Å²) in [6.07, 6.45) is 2.87. The molecule has 0 radical (unpaired) electrons. The molecule has 10 heteroatoms. The topological polar surface area (TPSA) is 123 Å². The van der Waals surface area contributed by atoms with E-state index in [0.29, 0.717) is 28.5 Å².